The van der Waals surface area contributed by atoms with Crippen LogP contribution in [0.15, 0.2) is 40.3 Å². The number of benzene rings is 1. The quantitative estimate of drug-likeness (QED) is 0.394. The summed E-state index contributed by atoms with van der Waals surface area (Å²) in [5.41, 5.74) is 3.00. The smallest absolute Gasteiger partial charge is 0.278 e. The fourth-order valence-electron chi connectivity index (χ4n) is 3.07. The molecule has 2 heterocycles. The van der Waals surface area contributed by atoms with Crippen LogP contribution in [0.4, 0.5) is 11.4 Å². The molecule has 1 unspecified atom stereocenters. The van der Waals surface area contributed by atoms with Gasteiger partial charge < -0.3 is 15.6 Å². The normalized spacial score (nSPS) is 12.0. The number of aromatic nitrogens is 3. The van der Waals surface area contributed by atoms with Crippen molar-refractivity contribution < 1.29 is 9.59 Å². The number of amides is 2. The Bertz CT molecular complexity index is 1150. The number of hydrogen-bond acceptors (Lipinski definition) is 5. The second-order valence-corrected chi connectivity index (χ2v) is 8.08. The van der Waals surface area contributed by atoms with Crippen LogP contribution in [0.1, 0.15) is 38.9 Å². The number of fused-ring (bicyclic) bond motifs is 1. The summed E-state index contributed by atoms with van der Waals surface area (Å²) >= 11 is 1.23. The number of nitrogens with one attached hydrogen (secondary N) is 3. The molecule has 1 aromatic carbocycles. The average molecular weight is 428 g/mol. The van der Waals surface area contributed by atoms with Crippen molar-refractivity contribution >= 4 is 46.0 Å². The van der Waals surface area contributed by atoms with E-state index in [1.54, 1.807) is 28.8 Å². The van der Waals surface area contributed by atoms with Crippen molar-refractivity contribution in [3.8, 4) is 0 Å². The predicted molar refractivity (Wildman–Crippen MR) is 120 cm³/mol. The number of hydrogen-bond donors (Lipinski definition) is 3. The highest BCUT2D eigenvalue weighted by Crippen LogP contribution is 2.23. The molecule has 0 spiro atoms. The minimum atomic E-state index is -0.227. The molecule has 0 aliphatic heterocycles. The van der Waals surface area contributed by atoms with Gasteiger partial charge >= 0.3 is 0 Å². The Kier molecular flexibility index (Phi) is 6.61. The van der Waals surface area contributed by atoms with E-state index < -0.39 is 0 Å². The Morgan fingerprint density at radius 3 is 2.60 bits per heavy atom. The van der Waals surface area contributed by atoms with Crippen LogP contribution in [-0.4, -0.2) is 32.1 Å². The van der Waals surface area contributed by atoms with Gasteiger partial charge in [-0.2, -0.15) is 0 Å². The molecule has 2 amide bonds. The first kappa shape index (κ1) is 21.6. The number of rotatable bonds is 7. The molecule has 1 atom stereocenters. The third-order valence-electron chi connectivity index (χ3n) is 4.62. The highest BCUT2D eigenvalue weighted by Gasteiger charge is 2.18. The molecule has 158 valence electrons. The Morgan fingerprint density at radius 1 is 1.23 bits per heavy atom. The number of H-pyrrole nitrogens is 1. The number of carbonyl (C=O) groups is 2. The fourth-order valence-corrected chi connectivity index (χ4v) is 3.97. The molecule has 30 heavy (non-hydrogen) atoms. The molecule has 0 radical (unpaired) electrons. The number of thioether (sulfide) groups is 1. The van der Waals surface area contributed by atoms with Gasteiger partial charge in [0, 0.05) is 30.0 Å². The Labute approximate surface area is 178 Å². The number of aromatic amines is 1. The zero-order valence-corrected chi connectivity index (χ0v) is 18.2. The zero-order valence-electron chi connectivity index (χ0n) is 17.4. The maximum absolute atomic E-state index is 13.0. The van der Waals surface area contributed by atoms with Crippen molar-refractivity contribution in [1.82, 2.24) is 14.5 Å². The number of nitrogens with zero attached hydrogens (tertiary/aromatic N) is 2. The summed E-state index contributed by atoms with van der Waals surface area (Å²) in [6.45, 7) is 7.27. The Hall–Kier alpha value is -3.07. The topological polar surface area (TPSA) is 109 Å². The van der Waals surface area contributed by atoms with E-state index in [1.165, 1.54) is 18.7 Å². The summed E-state index contributed by atoms with van der Waals surface area (Å²) in [5.74, 6) is -0.309. The van der Waals surface area contributed by atoms with Crippen molar-refractivity contribution in [3.05, 3.63) is 46.4 Å². The molecule has 0 aliphatic rings. The van der Waals surface area contributed by atoms with Gasteiger partial charge in [0.05, 0.1) is 11.3 Å². The van der Waals surface area contributed by atoms with Crippen molar-refractivity contribution in [2.45, 2.75) is 45.3 Å². The van der Waals surface area contributed by atoms with Gasteiger partial charge in [0.15, 0.2) is 5.16 Å². The maximum atomic E-state index is 13.0. The fraction of sp³-hybridized carbons (Fsp3) is 0.333. The van der Waals surface area contributed by atoms with E-state index in [1.807, 2.05) is 26.8 Å². The van der Waals surface area contributed by atoms with Crippen LogP contribution in [-0.2, 0) is 9.59 Å². The van der Waals surface area contributed by atoms with Gasteiger partial charge in [0.25, 0.3) is 5.56 Å². The van der Waals surface area contributed by atoms with E-state index in [0.29, 0.717) is 27.6 Å². The van der Waals surface area contributed by atoms with Gasteiger partial charge in [-0.1, -0.05) is 24.8 Å². The monoisotopic (exact) mass is 427 g/mol. The second kappa shape index (κ2) is 9.17. The van der Waals surface area contributed by atoms with E-state index in [4.69, 9.17) is 0 Å². The van der Waals surface area contributed by atoms with Gasteiger partial charge in [-0.15, -0.1) is 0 Å². The molecule has 3 aromatic rings. The molecule has 3 rings (SSSR count). The first-order valence-electron chi connectivity index (χ1n) is 9.70. The Morgan fingerprint density at radius 2 is 1.93 bits per heavy atom. The number of carbonyl (C=O) groups excluding carboxylic acids is 2. The first-order chi connectivity index (χ1) is 14.3. The lowest BCUT2D eigenvalue weighted by Gasteiger charge is -2.17. The summed E-state index contributed by atoms with van der Waals surface area (Å²) < 4.78 is 1.65. The standard InChI is InChI=1S/C21H25N5O3S/c1-5-13(3)26-20(29)19-17(9-12(2)22-19)25-21(26)30-11-18(28)24-16-8-6-7-15(10-16)23-14(4)27/h6-10,13,22H,5,11H2,1-4H3,(H,23,27)(H,24,28). The third-order valence-corrected chi connectivity index (χ3v) is 5.57. The van der Waals surface area contributed by atoms with Crippen LogP contribution in [0, 0.1) is 6.92 Å². The summed E-state index contributed by atoms with van der Waals surface area (Å²) in [4.78, 5) is 44.3. The molecule has 0 fully saturated rings. The first-order valence-corrected chi connectivity index (χ1v) is 10.7. The summed E-state index contributed by atoms with van der Waals surface area (Å²) in [5, 5.41) is 6.01. The van der Waals surface area contributed by atoms with E-state index in [-0.39, 0.29) is 29.2 Å². The van der Waals surface area contributed by atoms with Gasteiger partial charge in [0.2, 0.25) is 11.8 Å². The van der Waals surface area contributed by atoms with Crippen molar-refractivity contribution in [2.75, 3.05) is 16.4 Å². The zero-order chi connectivity index (χ0) is 21.8. The minimum absolute atomic E-state index is 0.0436. The van der Waals surface area contributed by atoms with Crippen LogP contribution in [0.25, 0.3) is 11.0 Å². The molecular weight excluding hydrogens is 402 g/mol. The highest BCUT2D eigenvalue weighted by atomic mass is 32.2. The van der Waals surface area contributed by atoms with Gasteiger partial charge in [-0.05, 0) is 44.5 Å². The molecule has 0 aliphatic carbocycles. The molecule has 9 heteroatoms. The predicted octanol–water partition coefficient (Wildman–Crippen LogP) is 3.69. The number of aryl methyl sites for hydroxylation is 1. The average Bonchev–Trinajstić information content (AvgIpc) is 3.06. The van der Waals surface area contributed by atoms with Gasteiger partial charge in [0.1, 0.15) is 5.52 Å². The van der Waals surface area contributed by atoms with Crippen molar-refractivity contribution in [3.63, 3.8) is 0 Å². The van der Waals surface area contributed by atoms with E-state index >= 15 is 0 Å². The van der Waals surface area contributed by atoms with E-state index in [9.17, 15) is 14.4 Å². The van der Waals surface area contributed by atoms with Crippen molar-refractivity contribution in [1.29, 1.82) is 0 Å². The van der Waals surface area contributed by atoms with Crippen LogP contribution in [0.3, 0.4) is 0 Å². The lowest BCUT2D eigenvalue weighted by atomic mass is 10.2. The molecule has 0 saturated heterocycles. The SMILES string of the molecule is CCC(C)n1c(SCC(=O)Nc2cccc(NC(C)=O)c2)nc2cc(C)[nH]c2c1=O. The molecular formula is C21H25N5O3S. The largest absolute Gasteiger partial charge is 0.353 e. The van der Waals surface area contributed by atoms with Gasteiger partial charge in [-0.3, -0.25) is 19.0 Å². The second-order valence-electron chi connectivity index (χ2n) is 7.14. The van der Waals surface area contributed by atoms with Gasteiger partial charge in [-0.25, -0.2) is 4.98 Å². The van der Waals surface area contributed by atoms with Crippen LogP contribution in [0.2, 0.25) is 0 Å². The molecule has 0 bridgehead atoms. The minimum Gasteiger partial charge on any atom is -0.353 e. The summed E-state index contributed by atoms with van der Waals surface area (Å²) in [7, 11) is 0. The molecule has 3 N–H and O–H groups in total. The Balaban J connectivity index is 1.78. The van der Waals surface area contributed by atoms with Crippen LogP contribution in [0.5, 0.6) is 0 Å². The molecule has 8 nitrogen and oxygen atoms in total. The highest BCUT2D eigenvalue weighted by molar-refractivity contribution is 7.99. The lowest BCUT2D eigenvalue weighted by Crippen LogP contribution is -2.26. The van der Waals surface area contributed by atoms with Crippen LogP contribution < -0.4 is 16.2 Å². The molecule has 2 aromatic heterocycles. The number of anilines is 2. The molecule has 0 saturated carbocycles. The van der Waals surface area contributed by atoms with E-state index in [2.05, 4.69) is 20.6 Å². The summed E-state index contributed by atoms with van der Waals surface area (Å²) in [6.07, 6.45) is 0.766. The van der Waals surface area contributed by atoms with Crippen LogP contribution >= 0.6 is 11.8 Å². The summed E-state index contributed by atoms with van der Waals surface area (Å²) in [6, 6.07) is 8.71. The maximum Gasteiger partial charge on any atom is 0.278 e. The van der Waals surface area contributed by atoms with Crippen molar-refractivity contribution in [2.24, 2.45) is 0 Å². The van der Waals surface area contributed by atoms with E-state index in [0.717, 1.165) is 12.1 Å². The lowest BCUT2D eigenvalue weighted by molar-refractivity contribution is -0.114. The third kappa shape index (κ3) is 4.91.